The Morgan fingerprint density at radius 1 is 1.00 bits per heavy atom. The number of carbonyl (C=O) groups excluding carboxylic acids is 1. The van der Waals surface area contributed by atoms with E-state index in [1.165, 1.54) is 5.56 Å². The number of allylic oxidation sites excluding steroid dienone is 2. The maximum Gasteiger partial charge on any atom is 0.193 e. The fourth-order valence-corrected chi connectivity index (χ4v) is 7.37. The number of nitriles is 1. The number of anilines is 1. The second kappa shape index (κ2) is 12.0. The fraction of sp³-hybridized carbons (Fsp3) is 0.385. The van der Waals surface area contributed by atoms with Crippen molar-refractivity contribution in [2.24, 2.45) is 0 Å². The Morgan fingerprint density at radius 2 is 1.78 bits per heavy atom. The quantitative estimate of drug-likeness (QED) is 0.354. The molecule has 0 atom stereocenters. The number of Topliss-reactive ketones (excluding diaryl/α,β-unsaturated/α-hetero) is 1. The highest BCUT2D eigenvalue weighted by Gasteiger charge is 2.43. The van der Waals surface area contributed by atoms with Gasteiger partial charge in [-0.3, -0.25) is 14.6 Å². The molecule has 0 spiro atoms. The molecule has 0 amide bonds. The average molecular weight is 597 g/mol. The molecule has 0 N–H and O–H groups in total. The molecular weight excluding hydrogens is 556 g/mol. The number of benzene rings is 3. The number of fused-ring (bicyclic) bond motifs is 3. The summed E-state index contributed by atoms with van der Waals surface area (Å²) in [6, 6.07) is 23.4. The molecule has 0 unspecified atom stereocenters. The van der Waals surface area contributed by atoms with E-state index < -0.39 is 0 Å². The second-order valence-corrected chi connectivity index (χ2v) is 13.2. The van der Waals surface area contributed by atoms with Crippen LogP contribution in [-0.4, -0.2) is 74.1 Å². The van der Waals surface area contributed by atoms with E-state index in [4.69, 9.17) is 4.74 Å². The molecule has 2 saturated heterocycles. The number of hydrogen-bond donors (Lipinski definition) is 0. The zero-order valence-corrected chi connectivity index (χ0v) is 26.5. The lowest BCUT2D eigenvalue weighted by Crippen LogP contribution is -2.56. The van der Waals surface area contributed by atoms with Crippen LogP contribution in [0.5, 0.6) is 0 Å². The van der Waals surface area contributed by atoms with Crippen LogP contribution in [0.15, 0.2) is 66.2 Å². The number of carbonyl (C=O) groups is 1. The van der Waals surface area contributed by atoms with Gasteiger partial charge in [0.1, 0.15) is 0 Å². The molecule has 2 aliphatic heterocycles. The van der Waals surface area contributed by atoms with Crippen LogP contribution in [0.3, 0.4) is 0 Å². The van der Waals surface area contributed by atoms with Gasteiger partial charge in [0.2, 0.25) is 0 Å². The van der Waals surface area contributed by atoms with E-state index in [1.54, 1.807) is 0 Å². The van der Waals surface area contributed by atoms with Crippen molar-refractivity contribution < 1.29 is 9.53 Å². The zero-order valence-electron chi connectivity index (χ0n) is 26.5. The molecule has 0 radical (unpaired) electrons. The standard InChI is InChI=1S/C39H40N4O2/c1-4-41(24-27-9-6-5-7-10-27)14-8-11-29-20-33-34(22-36(29)43-17-15-42(16-18-43)31-25-45-26-31)39(2,3)35-21-30-19-28(23-40)12-13-32(30)37(35)38(33)44/h5-7,9-10,12-13,19-20,22,31H,4,14-18,21,24-26H2,1-3H3. The molecule has 2 fully saturated rings. The third-order valence-electron chi connectivity index (χ3n) is 10.2. The Kier molecular flexibility index (Phi) is 7.84. The molecular formula is C39H40N4O2. The summed E-state index contributed by atoms with van der Waals surface area (Å²) in [5.74, 6) is 7.10. The van der Waals surface area contributed by atoms with Crippen molar-refractivity contribution in [2.45, 2.75) is 45.2 Å². The van der Waals surface area contributed by atoms with Crippen molar-refractivity contribution in [3.63, 3.8) is 0 Å². The minimum atomic E-state index is -0.328. The Morgan fingerprint density at radius 3 is 2.47 bits per heavy atom. The summed E-state index contributed by atoms with van der Waals surface area (Å²) in [7, 11) is 0. The van der Waals surface area contributed by atoms with Gasteiger partial charge in [0.15, 0.2) is 5.78 Å². The van der Waals surface area contributed by atoms with Crippen LogP contribution < -0.4 is 4.90 Å². The molecule has 0 bridgehead atoms. The van der Waals surface area contributed by atoms with Crippen molar-refractivity contribution in [1.82, 2.24) is 9.80 Å². The SMILES string of the molecule is CCN(CC#Cc1cc2c(cc1N1CCN(C3COC3)CC1)C(C)(C)C1=C(C2=O)c2ccc(C#N)cc2C1)Cc1ccccc1. The highest BCUT2D eigenvalue weighted by Crippen LogP contribution is 2.51. The fourth-order valence-electron chi connectivity index (χ4n) is 7.37. The van der Waals surface area contributed by atoms with E-state index in [1.807, 2.05) is 24.3 Å². The minimum absolute atomic E-state index is 0.0754. The van der Waals surface area contributed by atoms with E-state index in [0.29, 0.717) is 24.6 Å². The summed E-state index contributed by atoms with van der Waals surface area (Å²) in [6.07, 6.45) is 0.700. The molecule has 3 aromatic carbocycles. The third-order valence-corrected chi connectivity index (χ3v) is 10.2. The van der Waals surface area contributed by atoms with Gasteiger partial charge in [-0.05, 0) is 65.1 Å². The number of nitrogens with zero attached hydrogens (tertiary/aromatic N) is 4. The van der Waals surface area contributed by atoms with Gasteiger partial charge in [-0.2, -0.15) is 5.26 Å². The summed E-state index contributed by atoms with van der Waals surface area (Å²) < 4.78 is 5.47. The topological polar surface area (TPSA) is 59.8 Å². The van der Waals surface area contributed by atoms with E-state index in [-0.39, 0.29) is 11.2 Å². The minimum Gasteiger partial charge on any atom is -0.378 e. The van der Waals surface area contributed by atoms with Crippen LogP contribution in [0.2, 0.25) is 0 Å². The molecule has 45 heavy (non-hydrogen) atoms. The molecule has 2 aliphatic carbocycles. The maximum atomic E-state index is 14.3. The Labute approximate surface area is 266 Å². The molecule has 6 nitrogen and oxygen atoms in total. The molecule has 4 aliphatic rings. The molecule has 2 heterocycles. The van der Waals surface area contributed by atoms with Gasteiger partial charge < -0.3 is 9.64 Å². The summed E-state index contributed by atoms with van der Waals surface area (Å²) in [4.78, 5) is 21.7. The van der Waals surface area contributed by atoms with Crippen LogP contribution in [0.1, 0.15) is 64.5 Å². The van der Waals surface area contributed by atoms with Gasteiger partial charge in [-0.25, -0.2) is 0 Å². The number of ether oxygens (including phenoxy) is 1. The molecule has 228 valence electrons. The average Bonchev–Trinajstić information content (AvgIpc) is 3.43. The van der Waals surface area contributed by atoms with Gasteiger partial charge in [0.05, 0.1) is 43.1 Å². The lowest BCUT2D eigenvalue weighted by atomic mass is 9.68. The third kappa shape index (κ3) is 5.38. The summed E-state index contributed by atoms with van der Waals surface area (Å²) >= 11 is 0. The van der Waals surface area contributed by atoms with Gasteiger partial charge in [0, 0.05) is 54.8 Å². The van der Waals surface area contributed by atoms with Crippen molar-refractivity contribution in [3.05, 3.63) is 105 Å². The normalized spacial score (nSPS) is 18.9. The maximum absolute atomic E-state index is 14.3. The first-order valence-electron chi connectivity index (χ1n) is 16.2. The van der Waals surface area contributed by atoms with E-state index in [9.17, 15) is 10.1 Å². The van der Waals surface area contributed by atoms with Crippen molar-refractivity contribution >= 4 is 17.0 Å². The molecule has 6 heteroatoms. The lowest BCUT2D eigenvalue weighted by Gasteiger charge is -2.44. The first kappa shape index (κ1) is 29.5. The summed E-state index contributed by atoms with van der Waals surface area (Å²) in [5.41, 5.74) is 9.49. The van der Waals surface area contributed by atoms with Gasteiger partial charge in [0.25, 0.3) is 0 Å². The number of rotatable bonds is 6. The largest absolute Gasteiger partial charge is 0.378 e. The van der Waals surface area contributed by atoms with Gasteiger partial charge in [-0.15, -0.1) is 0 Å². The van der Waals surface area contributed by atoms with Crippen LogP contribution in [0, 0.1) is 23.2 Å². The monoisotopic (exact) mass is 596 g/mol. The number of hydrogen-bond acceptors (Lipinski definition) is 6. The highest BCUT2D eigenvalue weighted by molar-refractivity contribution is 6.33. The van der Waals surface area contributed by atoms with Crippen LogP contribution in [0.4, 0.5) is 5.69 Å². The highest BCUT2D eigenvalue weighted by atomic mass is 16.5. The predicted molar refractivity (Wildman–Crippen MR) is 178 cm³/mol. The number of ketones is 1. The van der Waals surface area contributed by atoms with E-state index >= 15 is 0 Å². The van der Waals surface area contributed by atoms with Crippen LogP contribution in [0.25, 0.3) is 5.57 Å². The second-order valence-electron chi connectivity index (χ2n) is 13.2. The van der Waals surface area contributed by atoms with Crippen LogP contribution in [-0.2, 0) is 23.1 Å². The zero-order chi connectivity index (χ0) is 31.1. The first-order valence-corrected chi connectivity index (χ1v) is 16.2. The van der Waals surface area contributed by atoms with E-state index in [0.717, 1.165) is 97.1 Å². The van der Waals surface area contributed by atoms with Crippen molar-refractivity contribution in [3.8, 4) is 17.9 Å². The Bertz CT molecular complexity index is 1780. The molecule has 3 aromatic rings. The first-order chi connectivity index (χ1) is 21.9. The smallest absolute Gasteiger partial charge is 0.193 e. The molecule has 7 rings (SSSR count). The van der Waals surface area contributed by atoms with Gasteiger partial charge >= 0.3 is 0 Å². The number of piperazine rings is 1. The van der Waals surface area contributed by atoms with Crippen molar-refractivity contribution in [2.75, 3.05) is 57.4 Å². The summed E-state index contributed by atoms with van der Waals surface area (Å²) in [6.45, 7) is 14.6. The van der Waals surface area contributed by atoms with Crippen molar-refractivity contribution in [1.29, 1.82) is 5.26 Å². The van der Waals surface area contributed by atoms with E-state index in [2.05, 4.69) is 89.8 Å². The molecule has 0 saturated carbocycles. The summed E-state index contributed by atoms with van der Waals surface area (Å²) in [5, 5.41) is 9.51. The van der Waals surface area contributed by atoms with Crippen LogP contribution >= 0.6 is 0 Å². The lowest BCUT2D eigenvalue weighted by molar-refractivity contribution is -0.0660. The predicted octanol–water partition coefficient (Wildman–Crippen LogP) is 5.44. The molecule has 0 aromatic heterocycles. The Balaban J connectivity index is 1.24. The van der Waals surface area contributed by atoms with Gasteiger partial charge in [-0.1, -0.05) is 69.0 Å². The Hall–Kier alpha value is -4.20.